The first kappa shape index (κ1) is 16.3. The third-order valence-corrected chi connectivity index (χ3v) is 6.03. The van der Waals surface area contributed by atoms with Crippen LogP contribution in [0, 0.1) is 6.92 Å². The van der Waals surface area contributed by atoms with E-state index in [2.05, 4.69) is 13.8 Å². The molecular weight excluding hydrogens is 286 g/mol. The molecule has 0 aliphatic carbocycles. The maximum absolute atomic E-state index is 12.9. The van der Waals surface area contributed by atoms with Gasteiger partial charge in [-0.05, 0) is 48.9 Å². The van der Waals surface area contributed by atoms with Crippen LogP contribution in [0.4, 0.5) is 0 Å². The Morgan fingerprint density at radius 1 is 1.14 bits per heavy atom. The maximum Gasteiger partial charge on any atom is 0.246 e. The molecule has 118 valence electrons. The maximum atomic E-state index is 12.9. The van der Waals surface area contributed by atoms with E-state index in [1.807, 2.05) is 13.0 Å². The van der Waals surface area contributed by atoms with E-state index in [1.165, 1.54) is 7.11 Å². The number of aryl methyl sites for hydroxylation is 1. The van der Waals surface area contributed by atoms with E-state index in [0.717, 1.165) is 30.4 Å². The minimum Gasteiger partial charge on any atom is -0.495 e. The van der Waals surface area contributed by atoms with Gasteiger partial charge in [0.05, 0.1) is 7.11 Å². The molecule has 5 heteroatoms. The van der Waals surface area contributed by atoms with E-state index < -0.39 is 10.0 Å². The monoisotopic (exact) mass is 311 g/mol. The van der Waals surface area contributed by atoms with Gasteiger partial charge in [0.25, 0.3) is 0 Å². The van der Waals surface area contributed by atoms with Crippen LogP contribution in [-0.4, -0.2) is 32.9 Å². The van der Waals surface area contributed by atoms with Gasteiger partial charge in [0.2, 0.25) is 10.0 Å². The summed E-state index contributed by atoms with van der Waals surface area (Å²) < 4.78 is 32.7. The lowest BCUT2D eigenvalue weighted by molar-refractivity contribution is 0.342. The van der Waals surface area contributed by atoms with Crippen LogP contribution in [0.2, 0.25) is 0 Å². The Bertz CT molecular complexity index is 602. The highest BCUT2D eigenvalue weighted by Gasteiger charge is 2.29. The summed E-state index contributed by atoms with van der Waals surface area (Å²) in [6, 6.07) is 3.63. The van der Waals surface area contributed by atoms with Gasteiger partial charge in [0.15, 0.2) is 0 Å². The van der Waals surface area contributed by atoms with Crippen molar-refractivity contribution in [2.75, 3.05) is 20.2 Å². The number of benzene rings is 1. The molecule has 2 rings (SSSR count). The van der Waals surface area contributed by atoms with Gasteiger partial charge in [-0.2, -0.15) is 4.31 Å². The van der Waals surface area contributed by atoms with Crippen LogP contribution in [0.1, 0.15) is 50.2 Å². The predicted molar refractivity (Wildman–Crippen MR) is 84.4 cm³/mol. The average molecular weight is 311 g/mol. The molecule has 1 aromatic carbocycles. The van der Waals surface area contributed by atoms with Gasteiger partial charge in [-0.25, -0.2) is 8.42 Å². The summed E-state index contributed by atoms with van der Waals surface area (Å²) in [4.78, 5) is 0.307. The number of rotatable bonds is 4. The molecule has 0 bridgehead atoms. The first-order valence-electron chi connectivity index (χ1n) is 7.56. The van der Waals surface area contributed by atoms with Crippen LogP contribution >= 0.6 is 0 Å². The molecule has 0 atom stereocenters. The highest BCUT2D eigenvalue weighted by molar-refractivity contribution is 7.89. The number of nitrogens with zero attached hydrogens (tertiary/aromatic N) is 1. The van der Waals surface area contributed by atoms with Crippen molar-refractivity contribution in [1.82, 2.24) is 4.31 Å². The van der Waals surface area contributed by atoms with E-state index in [4.69, 9.17) is 4.74 Å². The highest BCUT2D eigenvalue weighted by Crippen LogP contribution is 2.33. The number of hydrogen-bond donors (Lipinski definition) is 0. The molecule has 0 unspecified atom stereocenters. The standard InChI is InChI=1S/C16H25NO3S/c1-12(2)14-11-16(15(20-4)10-13(14)3)21(18,19)17-8-6-5-7-9-17/h10-12H,5-9H2,1-4H3. The smallest absolute Gasteiger partial charge is 0.246 e. The Balaban J connectivity index is 2.52. The van der Waals surface area contributed by atoms with E-state index in [9.17, 15) is 8.42 Å². The molecule has 1 heterocycles. The normalized spacial score (nSPS) is 17.2. The molecule has 0 amide bonds. The Kier molecular flexibility index (Phi) is 4.94. The summed E-state index contributed by atoms with van der Waals surface area (Å²) in [5.41, 5.74) is 2.13. The first-order valence-corrected chi connectivity index (χ1v) is 9.00. The van der Waals surface area contributed by atoms with Gasteiger partial charge in [0, 0.05) is 13.1 Å². The van der Waals surface area contributed by atoms with Gasteiger partial charge in [0.1, 0.15) is 10.6 Å². The average Bonchev–Trinajstić information content (AvgIpc) is 2.47. The van der Waals surface area contributed by atoms with E-state index in [0.29, 0.717) is 23.7 Å². The van der Waals surface area contributed by atoms with Crippen LogP contribution in [0.3, 0.4) is 0 Å². The summed E-state index contributed by atoms with van der Waals surface area (Å²) in [5.74, 6) is 0.730. The first-order chi connectivity index (χ1) is 9.87. The Hall–Kier alpha value is -1.07. The quantitative estimate of drug-likeness (QED) is 0.857. The largest absolute Gasteiger partial charge is 0.495 e. The zero-order valence-corrected chi connectivity index (χ0v) is 14.2. The molecule has 0 aromatic heterocycles. The zero-order chi connectivity index (χ0) is 15.6. The minimum atomic E-state index is -3.47. The third kappa shape index (κ3) is 3.24. The second-order valence-electron chi connectivity index (χ2n) is 5.98. The van der Waals surface area contributed by atoms with Crippen molar-refractivity contribution < 1.29 is 13.2 Å². The number of sulfonamides is 1. The Morgan fingerprint density at radius 2 is 1.76 bits per heavy atom. The zero-order valence-electron chi connectivity index (χ0n) is 13.3. The fraction of sp³-hybridized carbons (Fsp3) is 0.625. The van der Waals surface area contributed by atoms with Crippen LogP contribution in [0.25, 0.3) is 0 Å². The lowest BCUT2D eigenvalue weighted by atomic mass is 9.98. The fourth-order valence-corrected chi connectivity index (χ4v) is 4.59. The van der Waals surface area contributed by atoms with Crippen molar-refractivity contribution in [2.24, 2.45) is 0 Å². The summed E-state index contributed by atoms with van der Waals surface area (Å²) in [7, 11) is -1.94. The third-order valence-electron chi connectivity index (χ3n) is 4.11. The van der Waals surface area contributed by atoms with Crippen LogP contribution < -0.4 is 4.74 Å². The van der Waals surface area contributed by atoms with Crippen molar-refractivity contribution in [1.29, 1.82) is 0 Å². The molecule has 1 aliphatic rings. The van der Waals surface area contributed by atoms with Crippen molar-refractivity contribution in [3.8, 4) is 5.75 Å². The molecule has 1 saturated heterocycles. The Labute approximate surface area is 128 Å². The van der Waals surface area contributed by atoms with Gasteiger partial charge in [-0.3, -0.25) is 0 Å². The van der Waals surface area contributed by atoms with E-state index in [1.54, 1.807) is 10.4 Å². The minimum absolute atomic E-state index is 0.284. The van der Waals surface area contributed by atoms with Crippen LogP contribution in [0.5, 0.6) is 5.75 Å². The molecule has 21 heavy (non-hydrogen) atoms. The van der Waals surface area contributed by atoms with E-state index in [-0.39, 0.29) is 5.92 Å². The molecule has 0 spiro atoms. The lowest BCUT2D eigenvalue weighted by Gasteiger charge is -2.27. The highest BCUT2D eigenvalue weighted by atomic mass is 32.2. The van der Waals surface area contributed by atoms with Crippen molar-refractivity contribution >= 4 is 10.0 Å². The van der Waals surface area contributed by atoms with Gasteiger partial charge < -0.3 is 4.74 Å². The molecular formula is C16H25NO3S. The van der Waals surface area contributed by atoms with Crippen molar-refractivity contribution in [3.63, 3.8) is 0 Å². The number of methoxy groups -OCH3 is 1. The molecule has 1 aliphatic heterocycles. The van der Waals surface area contributed by atoms with E-state index >= 15 is 0 Å². The number of hydrogen-bond acceptors (Lipinski definition) is 3. The summed E-state index contributed by atoms with van der Waals surface area (Å²) >= 11 is 0. The van der Waals surface area contributed by atoms with Crippen molar-refractivity contribution in [3.05, 3.63) is 23.3 Å². The number of piperidine rings is 1. The Morgan fingerprint density at radius 3 is 2.29 bits per heavy atom. The second kappa shape index (κ2) is 6.36. The molecule has 0 N–H and O–H groups in total. The molecule has 0 saturated carbocycles. The van der Waals surface area contributed by atoms with Crippen LogP contribution in [0.15, 0.2) is 17.0 Å². The molecule has 1 fully saturated rings. The molecule has 4 nitrogen and oxygen atoms in total. The van der Waals surface area contributed by atoms with Crippen LogP contribution in [-0.2, 0) is 10.0 Å². The van der Waals surface area contributed by atoms with Gasteiger partial charge >= 0.3 is 0 Å². The van der Waals surface area contributed by atoms with Gasteiger partial charge in [-0.1, -0.05) is 20.3 Å². The number of ether oxygens (including phenoxy) is 1. The molecule has 1 aromatic rings. The predicted octanol–water partition coefficient (Wildman–Crippen LogP) is 3.30. The van der Waals surface area contributed by atoms with Gasteiger partial charge in [-0.15, -0.1) is 0 Å². The summed E-state index contributed by atoms with van der Waals surface area (Å²) in [5, 5.41) is 0. The SMILES string of the molecule is COc1cc(C)c(C(C)C)cc1S(=O)(=O)N1CCCCC1. The summed E-state index contributed by atoms with van der Waals surface area (Å²) in [6.45, 7) is 7.36. The summed E-state index contributed by atoms with van der Waals surface area (Å²) in [6.07, 6.45) is 2.98. The van der Waals surface area contributed by atoms with Crippen molar-refractivity contribution in [2.45, 2.75) is 50.8 Å². The molecule has 0 radical (unpaired) electrons. The topological polar surface area (TPSA) is 46.6 Å². The second-order valence-corrected chi connectivity index (χ2v) is 7.89. The lowest BCUT2D eigenvalue weighted by Crippen LogP contribution is -2.35. The fourth-order valence-electron chi connectivity index (χ4n) is 2.90.